The van der Waals surface area contributed by atoms with Crippen LogP contribution in [0.25, 0.3) is 11.2 Å². The second-order valence-electron chi connectivity index (χ2n) is 4.29. The van der Waals surface area contributed by atoms with Gasteiger partial charge in [-0.05, 0) is 6.42 Å². The number of fused-ring (bicyclic) bond motifs is 1. The first-order valence-electron chi connectivity index (χ1n) is 5.63. The van der Waals surface area contributed by atoms with Crippen LogP contribution in [0.4, 0.5) is 5.95 Å². The first-order chi connectivity index (χ1) is 8.70. The van der Waals surface area contributed by atoms with Gasteiger partial charge in [-0.25, -0.2) is 4.98 Å². The summed E-state index contributed by atoms with van der Waals surface area (Å²) in [6.07, 6.45) is 6.58. The molecule has 0 saturated carbocycles. The summed E-state index contributed by atoms with van der Waals surface area (Å²) in [5, 5.41) is 9.61. The van der Waals surface area contributed by atoms with E-state index < -0.39 is 0 Å². The van der Waals surface area contributed by atoms with Gasteiger partial charge in [0.25, 0.3) is 0 Å². The summed E-state index contributed by atoms with van der Waals surface area (Å²) in [6.45, 7) is 0.117. The van der Waals surface area contributed by atoms with Crippen LogP contribution in [0, 0.1) is 5.92 Å². The molecule has 0 radical (unpaired) electrons. The van der Waals surface area contributed by atoms with Gasteiger partial charge in [-0.3, -0.25) is 0 Å². The molecule has 0 unspecified atom stereocenters. The average molecular weight is 266 g/mol. The van der Waals surface area contributed by atoms with Gasteiger partial charge in [0.1, 0.15) is 5.52 Å². The zero-order valence-corrected chi connectivity index (χ0v) is 10.2. The summed E-state index contributed by atoms with van der Waals surface area (Å²) in [5.41, 5.74) is 6.73. The van der Waals surface area contributed by atoms with Crippen LogP contribution < -0.4 is 5.73 Å². The molecule has 0 amide bonds. The quantitative estimate of drug-likeness (QED) is 0.628. The van der Waals surface area contributed by atoms with Crippen molar-refractivity contribution in [2.45, 2.75) is 12.5 Å². The predicted molar refractivity (Wildman–Crippen MR) is 68.1 cm³/mol. The largest absolute Gasteiger partial charge is 0.396 e. The van der Waals surface area contributed by atoms with Crippen LogP contribution in [0.15, 0.2) is 18.5 Å². The van der Waals surface area contributed by atoms with E-state index in [0.717, 1.165) is 6.42 Å². The average Bonchev–Trinajstić information content (AvgIpc) is 2.93. The molecule has 3 rings (SSSR count). The normalized spacial score (nSPS) is 23.0. The number of anilines is 1. The van der Waals surface area contributed by atoms with E-state index in [1.165, 1.54) is 0 Å². The van der Waals surface area contributed by atoms with Gasteiger partial charge < -0.3 is 15.4 Å². The van der Waals surface area contributed by atoms with Crippen molar-refractivity contribution < 1.29 is 5.11 Å². The zero-order chi connectivity index (χ0) is 12.7. The second-order valence-corrected chi connectivity index (χ2v) is 4.65. The molecule has 1 aliphatic carbocycles. The third-order valence-corrected chi connectivity index (χ3v) is 3.47. The first-order valence-corrected chi connectivity index (χ1v) is 6.01. The number of hydrogen-bond acceptors (Lipinski definition) is 5. The number of aromatic nitrogens is 4. The van der Waals surface area contributed by atoms with E-state index in [9.17, 15) is 5.11 Å². The molecule has 2 aromatic rings. The van der Waals surface area contributed by atoms with Crippen molar-refractivity contribution in [1.29, 1.82) is 0 Å². The van der Waals surface area contributed by atoms with Gasteiger partial charge in [-0.1, -0.05) is 23.8 Å². The van der Waals surface area contributed by atoms with Gasteiger partial charge in [0.2, 0.25) is 5.95 Å². The summed E-state index contributed by atoms with van der Waals surface area (Å²) >= 11 is 5.98. The predicted octanol–water partition coefficient (Wildman–Crippen LogP) is 1.17. The fourth-order valence-electron chi connectivity index (χ4n) is 2.31. The van der Waals surface area contributed by atoms with Crippen LogP contribution in [-0.2, 0) is 0 Å². The highest BCUT2D eigenvalue weighted by Gasteiger charge is 2.26. The van der Waals surface area contributed by atoms with Crippen LogP contribution in [-0.4, -0.2) is 31.2 Å². The Morgan fingerprint density at radius 1 is 1.50 bits per heavy atom. The highest BCUT2D eigenvalue weighted by atomic mass is 35.5. The van der Waals surface area contributed by atoms with Gasteiger partial charge in [-0.15, -0.1) is 0 Å². The molecule has 2 heterocycles. The van der Waals surface area contributed by atoms with Gasteiger partial charge in [0, 0.05) is 12.5 Å². The van der Waals surface area contributed by atoms with Crippen LogP contribution in [0.3, 0.4) is 0 Å². The third-order valence-electron chi connectivity index (χ3n) is 3.21. The minimum atomic E-state index is 0.0327. The number of nitrogens with zero attached hydrogens (tertiary/aromatic N) is 4. The minimum Gasteiger partial charge on any atom is -0.396 e. The molecule has 3 N–H and O–H groups in total. The van der Waals surface area contributed by atoms with Crippen LogP contribution in [0.2, 0.25) is 5.15 Å². The lowest BCUT2D eigenvalue weighted by atomic mass is 10.0. The SMILES string of the molecule is Nc1nc(Cl)c2ncn([C@@H]3C=CC[C@@H]3CO)c2n1. The monoisotopic (exact) mass is 265 g/mol. The number of allylic oxidation sites excluding steroid dienone is 2. The van der Waals surface area contributed by atoms with Crippen LogP contribution >= 0.6 is 11.6 Å². The molecule has 18 heavy (non-hydrogen) atoms. The fourth-order valence-corrected chi connectivity index (χ4v) is 2.53. The molecule has 1 aliphatic rings. The van der Waals surface area contributed by atoms with Gasteiger partial charge in [-0.2, -0.15) is 9.97 Å². The van der Waals surface area contributed by atoms with Crippen LogP contribution in [0.1, 0.15) is 12.5 Å². The van der Waals surface area contributed by atoms with Crippen molar-refractivity contribution >= 4 is 28.7 Å². The molecule has 0 bridgehead atoms. The van der Waals surface area contributed by atoms with Gasteiger partial charge in [0.05, 0.1) is 12.4 Å². The Morgan fingerprint density at radius 3 is 3.11 bits per heavy atom. The Hall–Kier alpha value is -1.66. The number of nitrogens with two attached hydrogens (primary N) is 1. The molecule has 6 nitrogen and oxygen atoms in total. The van der Waals surface area contributed by atoms with Crippen molar-refractivity contribution in [2.24, 2.45) is 5.92 Å². The van der Waals surface area contributed by atoms with E-state index in [2.05, 4.69) is 15.0 Å². The van der Waals surface area contributed by atoms with E-state index in [1.54, 1.807) is 6.33 Å². The molecule has 0 aromatic carbocycles. The van der Waals surface area contributed by atoms with E-state index >= 15 is 0 Å². The lowest BCUT2D eigenvalue weighted by Gasteiger charge is -2.18. The first kappa shape index (κ1) is 11.4. The molecule has 2 aromatic heterocycles. The number of rotatable bonds is 2. The van der Waals surface area contributed by atoms with Crippen molar-refractivity contribution in [3.63, 3.8) is 0 Å². The second kappa shape index (κ2) is 4.22. The lowest BCUT2D eigenvalue weighted by Crippen LogP contribution is -2.17. The van der Waals surface area contributed by atoms with E-state index in [4.69, 9.17) is 17.3 Å². The molecule has 7 heteroatoms. The maximum atomic E-state index is 9.36. The Bertz CT molecular complexity index is 623. The Morgan fingerprint density at radius 2 is 2.33 bits per heavy atom. The number of nitrogen functional groups attached to an aromatic ring is 1. The highest BCUT2D eigenvalue weighted by molar-refractivity contribution is 6.33. The summed E-state index contributed by atoms with van der Waals surface area (Å²) in [4.78, 5) is 12.3. The number of hydrogen-bond donors (Lipinski definition) is 2. The Balaban J connectivity index is 2.15. The van der Waals surface area contributed by atoms with Crippen molar-refractivity contribution in [1.82, 2.24) is 19.5 Å². The Kier molecular flexibility index (Phi) is 2.68. The standard InChI is InChI=1S/C11H12ClN5O/c12-9-8-10(16-11(13)15-9)17(5-14-8)7-3-1-2-6(7)4-18/h1,3,5-7,18H,2,4H2,(H2,13,15,16)/t6-,7-/m1/s1. The maximum Gasteiger partial charge on any atom is 0.223 e. The number of imidazole rings is 1. The van der Waals surface area contributed by atoms with E-state index in [-0.39, 0.29) is 29.7 Å². The summed E-state index contributed by atoms with van der Waals surface area (Å²) < 4.78 is 1.88. The third kappa shape index (κ3) is 1.65. The summed E-state index contributed by atoms with van der Waals surface area (Å²) in [6, 6.07) is 0.0327. The van der Waals surface area contributed by atoms with Crippen LogP contribution in [0.5, 0.6) is 0 Å². The number of aliphatic hydroxyl groups is 1. The summed E-state index contributed by atoms with van der Waals surface area (Å²) in [7, 11) is 0. The zero-order valence-electron chi connectivity index (χ0n) is 9.49. The van der Waals surface area contributed by atoms with Crippen molar-refractivity contribution in [2.75, 3.05) is 12.3 Å². The molecule has 94 valence electrons. The minimum absolute atomic E-state index is 0.0327. The molecular weight excluding hydrogens is 254 g/mol. The topological polar surface area (TPSA) is 89.8 Å². The molecule has 0 spiro atoms. The molecule has 0 fully saturated rings. The molecule has 0 saturated heterocycles. The van der Waals surface area contributed by atoms with Crippen molar-refractivity contribution in [3.8, 4) is 0 Å². The fraction of sp³-hybridized carbons (Fsp3) is 0.364. The lowest BCUT2D eigenvalue weighted by molar-refractivity contribution is 0.205. The summed E-state index contributed by atoms with van der Waals surface area (Å²) in [5.74, 6) is 0.258. The smallest absolute Gasteiger partial charge is 0.223 e. The number of aliphatic hydroxyl groups excluding tert-OH is 1. The van der Waals surface area contributed by atoms with Gasteiger partial charge >= 0.3 is 0 Å². The van der Waals surface area contributed by atoms with E-state index in [1.807, 2.05) is 16.7 Å². The Labute approximate surface area is 108 Å². The van der Waals surface area contributed by atoms with Gasteiger partial charge in [0.15, 0.2) is 10.8 Å². The van der Waals surface area contributed by atoms with E-state index in [0.29, 0.717) is 11.2 Å². The molecule has 0 aliphatic heterocycles. The van der Waals surface area contributed by atoms with Crippen molar-refractivity contribution in [3.05, 3.63) is 23.6 Å². The molecular formula is C11H12ClN5O. The highest BCUT2D eigenvalue weighted by Crippen LogP contribution is 2.32. The molecule has 2 atom stereocenters. The maximum absolute atomic E-state index is 9.36. The number of halogens is 1.